The lowest BCUT2D eigenvalue weighted by molar-refractivity contribution is 0.0991. The minimum Gasteiger partial charge on any atom is -0.303 e. The number of hydrogen-bond donors (Lipinski definition) is 0. The van der Waals surface area contributed by atoms with Crippen LogP contribution < -0.4 is 4.90 Å². The standard InChI is InChI=1S/C22H21NO/c1-22(2,3)18-12-13-19-20-16(18)10-7-11-17(20)21(24)23(19)14-15-8-5-4-6-9-15/h4-13H,14H2,1-3H3. The first kappa shape index (κ1) is 14.9. The van der Waals surface area contributed by atoms with Gasteiger partial charge in [0.2, 0.25) is 0 Å². The summed E-state index contributed by atoms with van der Waals surface area (Å²) in [5, 5.41) is 2.30. The Morgan fingerprint density at radius 3 is 2.33 bits per heavy atom. The molecule has 0 bridgehead atoms. The van der Waals surface area contributed by atoms with Gasteiger partial charge in [-0.05, 0) is 34.1 Å². The summed E-state index contributed by atoms with van der Waals surface area (Å²) in [4.78, 5) is 14.9. The third-order valence-electron chi connectivity index (χ3n) is 4.78. The quantitative estimate of drug-likeness (QED) is 0.628. The van der Waals surface area contributed by atoms with Crippen LogP contribution in [-0.4, -0.2) is 5.91 Å². The number of amides is 1. The fourth-order valence-electron chi connectivity index (χ4n) is 3.62. The third kappa shape index (κ3) is 2.22. The van der Waals surface area contributed by atoms with E-state index in [0.717, 1.165) is 22.2 Å². The molecule has 0 radical (unpaired) electrons. The Bertz CT molecular complexity index is 935. The molecule has 0 atom stereocenters. The highest BCUT2D eigenvalue weighted by Crippen LogP contribution is 2.42. The van der Waals surface area contributed by atoms with Crippen molar-refractivity contribution >= 4 is 22.4 Å². The molecule has 0 aromatic heterocycles. The lowest BCUT2D eigenvalue weighted by atomic mass is 9.83. The maximum absolute atomic E-state index is 13.0. The largest absolute Gasteiger partial charge is 0.303 e. The van der Waals surface area contributed by atoms with Gasteiger partial charge in [0.15, 0.2) is 0 Å². The molecule has 3 aromatic rings. The molecule has 24 heavy (non-hydrogen) atoms. The average molecular weight is 315 g/mol. The summed E-state index contributed by atoms with van der Waals surface area (Å²) in [6, 6.07) is 20.5. The Kier molecular flexibility index (Phi) is 3.24. The molecular weight excluding hydrogens is 294 g/mol. The van der Waals surface area contributed by atoms with Gasteiger partial charge in [0, 0.05) is 10.9 Å². The van der Waals surface area contributed by atoms with Gasteiger partial charge in [0.1, 0.15) is 0 Å². The lowest BCUT2D eigenvalue weighted by Crippen LogP contribution is -2.26. The van der Waals surface area contributed by atoms with Crippen molar-refractivity contribution < 1.29 is 4.79 Å². The second-order valence-corrected chi connectivity index (χ2v) is 7.49. The zero-order chi connectivity index (χ0) is 16.9. The van der Waals surface area contributed by atoms with Gasteiger partial charge in [-0.15, -0.1) is 0 Å². The van der Waals surface area contributed by atoms with Crippen LogP contribution in [-0.2, 0) is 12.0 Å². The van der Waals surface area contributed by atoms with Gasteiger partial charge in [-0.1, -0.05) is 69.3 Å². The van der Waals surface area contributed by atoms with E-state index in [9.17, 15) is 4.79 Å². The van der Waals surface area contributed by atoms with Crippen LogP contribution in [0.5, 0.6) is 0 Å². The van der Waals surface area contributed by atoms with Crippen LogP contribution in [0.3, 0.4) is 0 Å². The highest BCUT2D eigenvalue weighted by Gasteiger charge is 2.31. The molecule has 1 amide bonds. The summed E-state index contributed by atoms with van der Waals surface area (Å²) in [6.07, 6.45) is 0. The Labute approximate surface area is 142 Å². The molecule has 0 saturated heterocycles. The van der Waals surface area contributed by atoms with Gasteiger partial charge < -0.3 is 4.90 Å². The first-order valence-corrected chi connectivity index (χ1v) is 8.39. The van der Waals surface area contributed by atoms with Gasteiger partial charge in [-0.2, -0.15) is 0 Å². The van der Waals surface area contributed by atoms with Crippen LogP contribution in [0.25, 0.3) is 10.8 Å². The predicted octanol–water partition coefficient (Wildman–Crippen LogP) is 5.30. The normalized spacial score (nSPS) is 13.8. The van der Waals surface area contributed by atoms with E-state index in [4.69, 9.17) is 0 Å². The van der Waals surface area contributed by atoms with Gasteiger partial charge in [-0.3, -0.25) is 4.79 Å². The molecule has 3 aromatic carbocycles. The van der Waals surface area contributed by atoms with Crippen molar-refractivity contribution in [3.8, 4) is 0 Å². The average Bonchev–Trinajstić information content (AvgIpc) is 2.83. The highest BCUT2D eigenvalue weighted by molar-refractivity contribution is 6.25. The topological polar surface area (TPSA) is 20.3 Å². The number of anilines is 1. The summed E-state index contributed by atoms with van der Waals surface area (Å²) in [5.74, 6) is 0.102. The van der Waals surface area contributed by atoms with Gasteiger partial charge >= 0.3 is 0 Å². The van der Waals surface area contributed by atoms with Crippen LogP contribution in [0.2, 0.25) is 0 Å². The van der Waals surface area contributed by atoms with Crippen molar-refractivity contribution in [1.82, 2.24) is 0 Å². The summed E-state index contributed by atoms with van der Waals surface area (Å²) >= 11 is 0. The number of hydrogen-bond acceptors (Lipinski definition) is 1. The molecule has 0 unspecified atom stereocenters. The van der Waals surface area contributed by atoms with E-state index in [1.807, 2.05) is 35.2 Å². The molecule has 2 heteroatoms. The smallest absolute Gasteiger partial charge is 0.259 e. The fourth-order valence-corrected chi connectivity index (χ4v) is 3.62. The molecule has 0 saturated carbocycles. The Morgan fingerprint density at radius 2 is 1.62 bits per heavy atom. The van der Waals surface area contributed by atoms with Crippen LogP contribution in [0.4, 0.5) is 5.69 Å². The maximum Gasteiger partial charge on any atom is 0.259 e. The Balaban J connectivity index is 1.89. The molecule has 1 heterocycles. The van der Waals surface area contributed by atoms with E-state index in [0.29, 0.717) is 6.54 Å². The van der Waals surface area contributed by atoms with Crippen molar-refractivity contribution in [2.45, 2.75) is 32.7 Å². The zero-order valence-electron chi connectivity index (χ0n) is 14.3. The number of rotatable bonds is 2. The predicted molar refractivity (Wildman–Crippen MR) is 99.6 cm³/mol. The molecule has 0 spiro atoms. The van der Waals surface area contributed by atoms with Gasteiger partial charge in [-0.25, -0.2) is 0 Å². The van der Waals surface area contributed by atoms with Crippen LogP contribution >= 0.6 is 0 Å². The summed E-state index contributed by atoms with van der Waals surface area (Å²) < 4.78 is 0. The van der Waals surface area contributed by atoms with Crippen molar-refractivity contribution in [1.29, 1.82) is 0 Å². The highest BCUT2D eigenvalue weighted by atomic mass is 16.2. The van der Waals surface area contributed by atoms with Crippen LogP contribution in [0.15, 0.2) is 60.7 Å². The molecule has 2 nitrogen and oxygen atoms in total. The zero-order valence-corrected chi connectivity index (χ0v) is 14.3. The molecule has 0 aliphatic carbocycles. The molecule has 0 fully saturated rings. The van der Waals surface area contributed by atoms with E-state index >= 15 is 0 Å². The van der Waals surface area contributed by atoms with Gasteiger partial charge in [0.25, 0.3) is 5.91 Å². The second-order valence-electron chi connectivity index (χ2n) is 7.49. The van der Waals surface area contributed by atoms with Crippen molar-refractivity contribution in [2.24, 2.45) is 0 Å². The first-order valence-electron chi connectivity index (χ1n) is 8.39. The third-order valence-corrected chi connectivity index (χ3v) is 4.78. The molecule has 120 valence electrons. The first-order chi connectivity index (χ1) is 11.5. The minimum absolute atomic E-state index is 0.0487. The van der Waals surface area contributed by atoms with E-state index in [-0.39, 0.29) is 11.3 Å². The molecule has 1 aliphatic rings. The van der Waals surface area contributed by atoms with E-state index in [2.05, 4.69) is 51.1 Å². The van der Waals surface area contributed by atoms with Crippen molar-refractivity contribution in [3.05, 3.63) is 77.4 Å². The molecular formula is C22H21NO. The lowest BCUT2D eigenvalue weighted by Gasteiger charge is -2.23. The number of carbonyl (C=O) groups excluding carboxylic acids is 1. The minimum atomic E-state index is 0.0487. The SMILES string of the molecule is CC(C)(C)c1ccc2c3c(cccc13)C(=O)N2Cc1ccccc1. The Morgan fingerprint density at radius 1 is 0.875 bits per heavy atom. The van der Waals surface area contributed by atoms with Crippen LogP contribution in [0.1, 0.15) is 42.3 Å². The maximum atomic E-state index is 13.0. The van der Waals surface area contributed by atoms with E-state index in [1.54, 1.807) is 0 Å². The second kappa shape index (κ2) is 5.20. The molecule has 4 rings (SSSR count). The summed E-state index contributed by atoms with van der Waals surface area (Å²) in [5.41, 5.74) is 4.34. The number of benzene rings is 3. The monoisotopic (exact) mass is 315 g/mol. The number of carbonyl (C=O) groups is 1. The van der Waals surface area contributed by atoms with E-state index in [1.165, 1.54) is 10.9 Å². The summed E-state index contributed by atoms with van der Waals surface area (Å²) in [6.45, 7) is 7.26. The molecule has 1 aliphatic heterocycles. The van der Waals surface area contributed by atoms with Crippen molar-refractivity contribution in [3.63, 3.8) is 0 Å². The fraction of sp³-hybridized carbons (Fsp3) is 0.227. The summed E-state index contributed by atoms with van der Waals surface area (Å²) in [7, 11) is 0. The van der Waals surface area contributed by atoms with Gasteiger partial charge in [0.05, 0.1) is 12.2 Å². The van der Waals surface area contributed by atoms with Crippen LogP contribution in [0, 0.1) is 0 Å². The number of nitrogens with zero attached hydrogens (tertiary/aromatic N) is 1. The molecule has 0 N–H and O–H groups in total. The van der Waals surface area contributed by atoms with Crippen molar-refractivity contribution in [2.75, 3.05) is 4.90 Å². The Hall–Kier alpha value is -2.61. The van der Waals surface area contributed by atoms with E-state index < -0.39 is 0 Å².